The van der Waals surface area contributed by atoms with Gasteiger partial charge in [0, 0.05) is 27.1 Å². The average Bonchev–Trinajstić information content (AvgIpc) is 3.60. The fourth-order valence-corrected chi connectivity index (χ4v) is 6.41. The molecule has 1 heterocycles. The standard InChI is InChI=1S/C39H32N4O4S2/c1-2-47-32-19-15-26(16-20-32)21-34(41-37(45)28-10-4-3-5-11-28)38(46)40-31-13-8-14-33(23-31)48-25-36(44)43-39-42-35(24-49-39)30-18-17-27-9-6-7-12-29(27)22-30/h3-24H,2,25H2,1H3,(H,40,46)(H,41,45)(H,42,43,44)/b34-21+. The lowest BCUT2D eigenvalue weighted by atomic mass is 10.1. The van der Waals surface area contributed by atoms with Gasteiger partial charge in [0.1, 0.15) is 11.4 Å². The van der Waals surface area contributed by atoms with Gasteiger partial charge >= 0.3 is 0 Å². The largest absolute Gasteiger partial charge is 0.494 e. The molecule has 0 spiro atoms. The summed E-state index contributed by atoms with van der Waals surface area (Å²) in [6, 6.07) is 37.4. The molecule has 0 aliphatic heterocycles. The fraction of sp³-hybridized carbons (Fsp3) is 0.0769. The SMILES string of the molecule is CCOc1ccc(/C=C(/NC(=O)c2ccccc2)C(=O)Nc2cccc(SCC(=O)Nc3nc(-c4ccc5ccccc5c4)cs3)c2)cc1. The highest BCUT2D eigenvalue weighted by Gasteiger charge is 2.16. The maximum absolute atomic E-state index is 13.5. The van der Waals surface area contributed by atoms with E-state index in [-0.39, 0.29) is 17.4 Å². The van der Waals surface area contributed by atoms with Crippen LogP contribution in [0.3, 0.4) is 0 Å². The fourth-order valence-electron chi connectivity index (χ4n) is 4.91. The number of nitrogens with one attached hydrogen (secondary N) is 3. The van der Waals surface area contributed by atoms with Gasteiger partial charge in [-0.2, -0.15) is 0 Å². The number of fused-ring (bicyclic) bond motifs is 1. The van der Waals surface area contributed by atoms with Crippen LogP contribution >= 0.6 is 23.1 Å². The second-order valence-corrected chi connectivity index (χ2v) is 12.7. The number of nitrogens with zero attached hydrogens (tertiary/aromatic N) is 1. The summed E-state index contributed by atoms with van der Waals surface area (Å²) in [6.45, 7) is 2.44. The van der Waals surface area contributed by atoms with Crippen LogP contribution < -0.4 is 20.7 Å². The van der Waals surface area contributed by atoms with E-state index in [9.17, 15) is 14.4 Å². The van der Waals surface area contributed by atoms with Gasteiger partial charge in [0.05, 0.1) is 18.1 Å². The summed E-state index contributed by atoms with van der Waals surface area (Å²) >= 11 is 2.71. The molecule has 0 fully saturated rings. The summed E-state index contributed by atoms with van der Waals surface area (Å²) in [5.41, 5.74) is 3.51. The van der Waals surface area contributed by atoms with Gasteiger partial charge in [0.15, 0.2) is 5.13 Å². The molecule has 0 saturated heterocycles. The van der Waals surface area contributed by atoms with E-state index in [0.29, 0.717) is 34.3 Å². The molecule has 3 amide bonds. The average molecular weight is 685 g/mol. The van der Waals surface area contributed by atoms with E-state index in [1.807, 2.05) is 54.8 Å². The highest BCUT2D eigenvalue weighted by Crippen LogP contribution is 2.28. The molecule has 0 bridgehead atoms. The van der Waals surface area contributed by atoms with E-state index >= 15 is 0 Å². The molecule has 49 heavy (non-hydrogen) atoms. The number of thiazole rings is 1. The smallest absolute Gasteiger partial charge is 0.272 e. The first-order valence-electron chi connectivity index (χ1n) is 15.5. The first-order chi connectivity index (χ1) is 23.9. The Labute approximate surface area is 292 Å². The number of ether oxygens (including phenoxy) is 1. The lowest BCUT2D eigenvalue weighted by Crippen LogP contribution is -2.30. The first kappa shape index (κ1) is 33.2. The Morgan fingerprint density at radius 3 is 2.39 bits per heavy atom. The summed E-state index contributed by atoms with van der Waals surface area (Å²) < 4.78 is 5.52. The van der Waals surface area contributed by atoms with Crippen molar-refractivity contribution in [1.29, 1.82) is 0 Å². The second kappa shape index (κ2) is 15.9. The summed E-state index contributed by atoms with van der Waals surface area (Å²) in [4.78, 5) is 44.7. The van der Waals surface area contributed by atoms with Gasteiger partial charge in [-0.25, -0.2) is 4.98 Å². The summed E-state index contributed by atoms with van der Waals surface area (Å²) in [6.07, 6.45) is 1.61. The normalized spacial score (nSPS) is 11.2. The van der Waals surface area contributed by atoms with Gasteiger partial charge in [0.25, 0.3) is 11.8 Å². The van der Waals surface area contributed by atoms with E-state index in [0.717, 1.165) is 26.9 Å². The molecule has 5 aromatic carbocycles. The van der Waals surface area contributed by atoms with Crippen molar-refractivity contribution >= 4 is 68.5 Å². The molecule has 3 N–H and O–H groups in total. The van der Waals surface area contributed by atoms with Crippen LogP contribution in [0.5, 0.6) is 5.75 Å². The number of carbonyl (C=O) groups excluding carboxylic acids is 3. The molecule has 0 saturated carbocycles. The zero-order valence-electron chi connectivity index (χ0n) is 26.5. The minimum atomic E-state index is -0.496. The van der Waals surface area contributed by atoms with Crippen LogP contribution in [0.1, 0.15) is 22.8 Å². The van der Waals surface area contributed by atoms with E-state index < -0.39 is 11.8 Å². The molecule has 6 aromatic rings. The number of rotatable bonds is 12. The Bertz CT molecular complexity index is 2130. The van der Waals surface area contributed by atoms with Crippen LogP contribution in [0.2, 0.25) is 0 Å². The number of thioether (sulfide) groups is 1. The summed E-state index contributed by atoms with van der Waals surface area (Å²) in [7, 11) is 0. The predicted molar refractivity (Wildman–Crippen MR) is 199 cm³/mol. The van der Waals surface area contributed by atoms with Crippen molar-refractivity contribution < 1.29 is 19.1 Å². The number of benzene rings is 5. The van der Waals surface area contributed by atoms with Crippen LogP contribution in [0.15, 0.2) is 137 Å². The zero-order chi connectivity index (χ0) is 34.0. The number of aromatic nitrogens is 1. The Hall–Kier alpha value is -5.71. The summed E-state index contributed by atoms with van der Waals surface area (Å²) in [5.74, 6) is -0.238. The Morgan fingerprint density at radius 2 is 1.59 bits per heavy atom. The van der Waals surface area contributed by atoms with Gasteiger partial charge < -0.3 is 20.7 Å². The van der Waals surface area contributed by atoms with E-state index in [1.165, 1.54) is 23.1 Å². The zero-order valence-corrected chi connectivity index (χ0v) is 28.1. The van der Waals surface area contributed by atoms with Crippen molar-refractivity contribution in [2.75, 3.05) is 23.0 Å². The van der Waals surface area contributed by atoms with E-state index in [2.05, 4.69) is 45.2 Å². The number of amides is 3. The molecular weight excluding hydrogens is 653 g/mol. The minimum absolute atomic E-state index is 0.0713. The van der Waals surface area contributed by atoms with Crippen LogP contribution in [0.4, 0.5) is 10.8 Å². The van der Waals surface area contributed by atoms with Gasteiger partial charge in [-0.05, 0) is 77.9 Å². The lowest BCUT2D eigenvalue weighted by molar-refractivity contribution is -0.114. The van der Waals surface area contributed by atoms with Gasteiger partial charge in [-0.15, -0.1) is 23.1 Å². The lowest BCUT2D eigenvalue weighted by Gasteiger charge is -2.12. The Kier molecular flexibility index (Phi) is 10.8. The number of hydrogen-bond acceptors (Lipinski definition) is 7. The maximum atomic E-state index is 13.5. The van der Waals surface area contributed by atoms with E-state index in [1.54, 1.807) is 60.7 Å². The van der Waals surface area contributed by atoms with Crippen LogP contribution in [-0.2, 0) is 9.59 Å². The van der Waals surface area contributed by atoms with Crippen LogP contribution in [0.25, 0.3) is 28.1 Å². The topological polar surface area (TPSA) is 109 Å². The molecule has 0 unspecified atom stereocenters. The van der Waals surface area contributed by atoms with Crippen molar-refractivity contribution in [3.63, 3.8) is 0 Å². The third-order valence-electron chi connectivity index (χ3n) is 7.29. The maximum Gasteiger partial charge on any atom is 0.272 e. The number of carbonyl (C=O) groups is 3. The highest BCUT2D eigenvalue weighted by molar-refractivity contribution is 8.00. The van der Waals surface area contributed by atoms with Crippen LogP contribution in [0, 0.1) is 0 Å². The van der Waals surface area contributed by atoms with Crippen molar-refractivity contribution in [2.24, 2.45) is 0 Å². The van der Waals surface area contributed by atoms with Gasteiger partial charge in [-0.1, -0.05) is 72.8 Å². The van der Waals surface area contributed by atoms with Crippen molar-refractivity contribution in [2.45, 2.75) is 11.8 Å². The molecule has 1 aromatic heterocycles. The third-order valence-corrected chi connectivity index (χ3v) is 9.04. The molecular formula is C39H32N4O4S2. The monoisotopic (exact) mass is 684 g/mol. The van der Waals surface area contributed by atoms with Gasteiger partial charge in [-0.3, -0.25) is 14.4 Å². The molecule has 10 heteroatoms. The molecule has 6 rings (SSSR count). The Balaban J connectivity index is 1.09. The summed E-state index contributed by atoms with van der Waals surface area (Å²) in [5, 5.41) is 13.3. The van der Waals surface area contributed by atoms with E-state index in [4.69, 9.17) is 4.74 Å². The number of hydrogen-bond donors (Lipinski definition) is 3. The molecule has 244 valence electrons. The van der Waals surface area contributed by atoms with Gasteiger partial charge in [0.2, 0.25) is 5.91 Å². The van der Waals surface area contributed by atoms with Crippen molar-refractivity contribution in [3.05, 3.63) is 144 Å². The van der Waals surface area contributed by atoms with Crippen LogP contribution in [-0.4, -0.2) is 35.1 Å². The van der Waals surface area contributed by atoms with Crippen molar-refractivity contribution in [3.8, 4) is 17.0 Å². The first-order valence-corrected chi connectivity index (χ1v) is 17.4. The molecule has 0 aliphatic rings. The van der Waals surface area contributed by atoms with Crippen molar-refractivity contribution in [1.82, 2.24) is 10.3 Å². The number of anilines is 2. The quantitative estimate of drug-likeness (QED) is 0.0881. The molecule has 0 aliphatic carbocycles. The molecule has 8 nitrogen and oxygen atoms in total. The third kappa shape index (κ3) is 9.01. The molecule has 0 atom stereocenters. The second-order valence-electron chi connectivity index (χ2n) is 10.8. The highest BCUT2D eigenvalue weighted by atomic mass is 32.2. The predicted octanol–water partition coefficient (Wildman–Crippen LogP) is 8.50. The minimum Gasteiger partial charge on any atom is -0.494 e. The Morgan fingerprint density at radius 1 is 0.816 bits per heavy atom. The molecule has 0 radical (unpaired) electrons.